The molecule has 0 radical (unpaired) electrons. The summed E-state index contributed by atoms with van der Waals surface area (Å²) >= 11 is 2.95. The van der Waals surface area contributed by atoms with Gasteiger partial charge < -0.3 is 0 Å². The van der Waals surface area contributed by atoms with Crippen LogP contribution in [0.2, 0.25) is 0 Å². The van der Waals surface area contributed by atoms with Crippen molar-refractivity contribution in [2.45, 2.75) is 45.3 Å². The van der Waals surface area contributed by atoms with Crippen LogP contribution in [-0.2, 0) is 15.0 Å². The van der Waals surface area contributed by atoms with E-state index in [1.54, 1.807) is 0 Å². The Morgan fingerprint density at radius 1 is 1.00 bits per heavy atom. The van der Waals surface area contributed by atoms with Gasteiger partial charge in [0.1, 0.15) is 0 Å². The molecule has 0 unspecified atom stereocenters. The number of thiophene rings is 1. The second-order valence-electron chi connectivity index (χ2n) is 7.59. The summed E-state index contributed by atoms with van der Waals surface area (Å²) < 4.78 is 0. The van der Waals surface area contributed by atoms with Gasteiger partial charge in [-0.3, -0.25) is 9.59 Å². The van der Waals surface area contributed by atoms with Gasteiger partial charge in [-0.15, -0.1) is 23.1 Å². The van der Waals surface area contributed by atoms with Gasteiger partial charge in [0.05, 0.1) is 16.2 Å². The molecule has 0 saturated carbocycles. The number of benzene rings is 1. The van der Waals surface area contributed by atoms with Crippen LogP contribution in [0.5, 0.6) is 0 Å². The zero-order chi connectivity index (χ0) is 19.1. The fraction of sp³-hybridized carbons (Fsp3) is 0.333. The van der Waals surface area contributed by atoms with Crippen LogP contribution in [0.4, 0.5) is 5.69 Å². The van der Waals surface area contributed by atoms with Crippen LogP contribution in [0.3, 0.4) is 0 Å². The lowest BCUT2D eigenvalue weighted by molar-refractivity contribution is -0.119. The highest BCUT2D eigenvalue weighted by Crippen LogP contribution is 2.41. The van der Waals surface area contributed by atoms with E-state index in [0.29, 0.717) is 16.2 Å². The van der Waals surface area contributed by atoms with E-state index in [9.17, 15) is 9.59 Å². The molecule has 0 spiro atoms. The standard InChI is InChI=1S/C21H23NO2S2/c1-13(2)26-18-17(16-7-6-12-25-16)19(23)22(20(18)24)15-10-8-14(9-11-15)21(3,4)5/h6-13H,1-5H3. The van der Waals surface area contributed by atoms with E-state index in [-0.39, 0.29) is 22.5 Å². The Balaban J connectivity index is 2.01. The zero-order valence-corrected chi connectivity index (χ0v) is 17.3. The third-order valence-corrected chi connectivity index (χ3v) is 6.13. The van der Waals surface area contributed by atoms with Gasteiger partial charge in [0, 0.05) is 10.1 Å². The third kappa shape index (κ3) is 3.51. The van der Waals surface area contributed by atoms with Crippen molar-refractivity contribution in [1.29, 1.82) is 0 Å². The molecule has 26 heavy (non-hydrogen) atoms. The summed E-state index contributed by atoms with van der Waals surface area (Å²) in [6, 6.07) is 11.5. The van der Waals surface area contributed by atoms with Crippen molar-refractivity contribution in [3.8, 4) is 0 Å². The molecule has 0 saturated heterocycles. The number of nitrogens with zero attached hydrogens (tertiary/aromatic N) is 1. The first-order valence-corrected chi connectivity index (χ1v) is 10.4. The van der Waals surface area contributed by atoms with Gasteiger partial charge >= 0.3 is 0 Å². The number of hydrogen-bond donors (Lipinski definition) is 0. The maximum Gasteiger partial charge on any atom is 0.272 e. The molecule has 3 rings (SSSR count). The van der Waals surface area contributed by atoms with Gasteiger partial charge in [0.25, 0.3) is 11.8 Å². The van der Waals surface area contributed by atoms with Gasteiger partial charge in [0.15, 0.2) is 0 Å². The molecule has 0 bridgehead atoms. The fourth-order valence-corrected chi connectivity index (χ4v) is 4.65. The maximum atomic E-state index is 13.1. The lowest BCUT2D eigenvalue weighted by atomic mass is 9.87. The van der Waals surface area contributed by atoms with Crippen molar-refractivity contribution >= 4 is 46.2 Å². The first kappa shape index (κ1) is 18.9. The van der Waals surface area contributed by atoms with Gasteiger partial charge in [-0.1, -0.05) is 52.8 Å². The van der Waals surface area contributed by atoms with E-state index < -0.39 is 0 Å². The van der Waals surface area contributed by atoms with Crippen LogP contribution in [0.15, 0.2) is 46.7 Å². The number of hydrogen-bond acceptors (Lipinski definition) is 4. The highest BCUT2D eigenvalue weighted by molar-refractivity contribution is 8.04. The number of rotatable bonds is 4. The summed E-state index contributed by atoms with van der Waals surface area (Å²) in [5, 5.41) is 2.15. The number of imide groups is 1. The third-order valence-electron chi connectivity index (χ3n) is 4.15. The van der Waals surface area contributed by atoms with Crippen molar-refractivity contribution in [2.24, 2.45) is 0 Å². The Kier molecular flexibility index (Phi) is 5.13. The minimum atomic E-state index is -0.232. The largest absolute Gasteiger partial charge is 0.272 e. The number of carbonyl (C=O) groups is 2. The Morgan fingerprint density at radius 2 is 1.65 bits per heavy atom. The lowest BCUT2D eigenvalue weighted by Crippen LogP contribution is -2.31. The van der Waals surface area contributed by atoms with Crippen molar-refractivity contribution in [3.05, 3.63) is 57.1 Å². The van der Waals surface area contributed by atoms with Gasteiger partial charge in [-0.05, 0) is 34.6 Å². The molecule has 2 heterocycles. The van der Waals surface area contributed by atoms with Crippen molar-refractivity contribution < 1.29 is 9.59 Å². The minimum Gasteiger partial charge on any atom is -0.268 e. The summed E-state index contributed by atoms with van der Waals surface area (Å²) in [5.41, 5.74) is 2.35. The predicted octanol–water partition coefficient (Wildman–Crippen LogP) is 5.47. The number of carbonyl (C=O) groups excluding carboxylic acids is 2. The second kappa shape index (κ2) is 7.05. The molecular formula is C21H23NO2S2. The number of anilines is 1. The van der Waals surface area contributed by atoms with Crippen LogP contribution in [-0.4, -0.2) is 17.1 Å². The molecule has 136 valence electrons. The SMILES string of the molecule is CC(C)SC1=C(c2cccs2)C(=O)N(c2ccc(C(C)(C)C)cc2)C1=O. The normalized spacial score (nSPS) is 15.5. The Bertz CT molecular complexity index is 856. The minimum absolute atomic E-state index is 0.0244. The summed E-state index contributed by atoms with van der Waals surface area (Å²) in [4.78, 5) is 28.9. The van der Waals surface area contributed by atoms with E-state index >= 15 is 0 Å². The first-order chi connectivity index (χ1) is 12.2. The Morgan fingerprint density at radius 3 is 2.15 bits per heavy atom. The molecule has 3 nitrogen and oxygen atoms in total. The first-order valence-electron chi connectivity index (χ1n) is 8.64. The molecule has 2 amide bonds. The summed E-state index contributed by atoms with van der Waals surface area (Å²) in [6.07, 6.45) is 0. The topological polar surface area (TPSA) is 37.4 Å². The van der Waals surface area contributed by atoms with E-state index in [1.165, 1.54) is 33.6 Å². The van der Waals surface area contributed by atoms with Crippen LogP contribution < -0.4 is 4.90 Å². The number of amides is 2. The van der Waals surface area contributed by atoms with Crippen LogP contribution in [0.25, 0.3) is 5.57 Å². The van der Waals surface area contributed by atoms with E-state index in [1.807, 2.05) is 55.6 Å². The monoisotopic (exact) mass is 385 g/mol. The average molecular weight is 386 g/mol. The summed E-state index contributed by atoms with van der Waals surface area (Å²) in [5.74, 6) is -0.454. The van der Waals surface area contributed by atoms with Crippen LogP contribution in [0, 0.1) is 0 Å². The van der Waals surface area contributed by atoms with Crippen LogP contribution in [0.1, 0.15) is 45.1 Å². The summed E-state index contributed by atoms with van der Waals surface area (Å²) in [7, 11) is 0. The molecule has 0 fully saturated rings. The van der Waals surface area contributed by atoms with Crippen molar-refractivity contribution in [3.63, 3.8) is 0 Å². The molecule has 2 aromatic rings. The fourth-order valence-electron chi connectivity index (χ4n) is 2.84. The van der Waals surface area contributed by atoms with Gasteiger partial charge in [-0.2, -0.15) is 0 Å². The Hall–Kier alpha value is -1.85. The van der Waals surface area contributed by atoms with Gasteiger partial charge in [-0.25, -0.2) is 4.90 Å². The highest BCUT2D eigenvalue weighted by atomic mass is 32.2. The molecule has 1 aliphatic heterocycles. The molecule has 1 aromatic heterocycles. The molecule has 1 aromatic carbocycles. The quantitative estimate of drug-likeness (QED) is 0.655. The Labute approximate surface area is 163 Å². The maximum absolute atomic E-state index is 13.1. The summed E-state index contributed by atoms with van der Waals surface area (Å²) in [6.45, 7) is 10.5. The lowest BCUT2D eigenvalue weighted by Gasteiger charge is -2.21. The second-order valence-corrected chi connectivity index (χ2v) is 10.1. The van der Waals surface area contributed by atoms with Crippen molar-refractivity contribution in [1.82, 2.24) is 0 Å². The zero-order valence-electron chi connectivity index (χ0n) is 15.7. The molecule has 0 aliphatic carbocycles. The van der Waals surface area contributed by atoms with Gasteiger partial charge in [0.2, 0.25) is 0 Å². The predicted molar refractivity (Wildman–Crippen MR) is 112 cm³/mol. The van der Waals surface area contributed by atoms with Crippen molar-refractivity contribution in [2.75, 3.05) is 4.90 Å². The molecule has 5 heteroatoms. The molecular weight excluding hydrogens is 362 g/mol. The molecule has 1 aliphatic rings. The van der Waals surface area contributed by atoms with Crippen LogP contribution >= 0.6 is 23.1 Å². The average Bonchev–Trinajstić information content (AvgIpc) is 3.14. The smallest absolute Gasteiger partial charge is 0.268 e. The molecule has 0 atom stereocenters. The van der Waals surface area contributed by atoms with E-state index in [2.05, 4.69) is 20.8 Å². The molecule has 0 N–H and O–H groups in total. The van der Waals surface area contributed by atoms with E-state index in [4.69, 9.17) is 0 Å². The highest BCUT2D eigenvalue weighted by Gasteiger charge is 2.41. The number of thioether (sulfide) groups is 1. The van der Waals surface area contributed by atoms with E-state index in [0.717, 1.165) is 4.88 Å².